The second-order valence-corrected chi connectivity index (χ2v) is 6.47. The van der Waals surface area contributed by atoms with E-state index in [4.69, 9.17) is 5.11 Å². The zero-order valence-electron chi connectivity index (χ0n) is 13.8. The van der Waals surface area contributed by atoms with E-state index in [-0.39, 0.29) is 6.04 Å². The largest absolute Gasteiger partial charge is 0.465 e. The molecule has 0 heterocycles. The molecule has 0 bridgehead atoms. The van der Waals surface area contributed by atoms with Gasteiger partial charge in [-0.1, -0.05) is 25.3 Å². The number of carbonyl (C=O) groups is 1. The molecule has 0 aromatic carbocycles. The Morgan fingerprint density at radius 1 is 1.19 bits per heavy atom. The highest BCUT2D eigenvalue weighted by atomic mass is 16.4. The van der Waals surface area contributed by atoms with Crippen LogP contribution in [0.5, 0.6) is 0 Å². The fourth-order valence-electron chi connectivity index (χ4n) is 3.28. The van der Waals surface area contributed by atoms with Gasteiger partial charge in [-0.3, -0.25) is 0 Å². The highest BCUT2D eigenvalue weighted by Gasteiger charge is 2.25. The van der Waals surface area contributed by atoms with Gasteiger partial charge < -0.3 is 14.9 Å². The first kappa shape index (κ1) is 18.0. The van der Waals surface area contributed by atoms with E-state index in [0.29, 0.717) is 0 Å². The van der Waals surface area contributed by atoms with E-state index < -0.39 is 6.09 Å². The van der Waals surface area contributed by atoms with Crippen molar-refractivity contribution in [3.63, 3.8) is 0 Å². The molecule has 1 fully saturated rings. The lowest BCUT2D eigenvalue weighted by Gasteiger charge is -2.33. The maximum Gasteiger partial charge on any atom is 0.407 e. The van der Waals surface area contributed by atoms with Gasteiger partial charge >= 0.3 is 6.09 Å². The van der Waals surface area contributed by atoms with Gasteiger partial charge in [0.15, 0.2) is 0 Å². The third-order valence-corrected chi connectivity index (χ3v) is 4.76. The Morgan fingerprint density at radius 2 is 1.86 bits per heavy atom. The van der Waals surface area contributed by atoms with Crippen molar-refractivity contribution in [2.24, 2.45) is 5.92 Å². The quantitative estimate of drug-likeness (QED) is 0.519. The Balaban J connectivity index is 2.05. The van der Waals surface area contributed by atoms with Crippen LogP contribution in [0.2, 0.25) is 0 Å². The summed E-state index contributed by atoms with van der Waals surface area (Å²) in [6.45, 7) is 5.88. The summed E-state index contributed by atoms with van der Waals surface area (Å²) < 4.78 is 0. The summed E-state index contributed by atoms with van der Waals surface area (Å²) in [7, 11) is 3.84. The number of nitrogens with zero attached hydrogens (tertiary/aromatic N) is 2. The van der Waals surface area contributed by atoms with Gasteiger partial charge in [0.25, 0.3) is 0 Å². The normalized spacial score (nSPS) is 22.2. The molecule has 0 atom stereocenters. The molecule has 4 heteroatoms. The summed E-state index contributed by atoms with van der Waals surface area (Å²) in [5, 5.41) is 9.00. The zero-order chi connectivity index (χ0) is 15.7. The maximum absolute atomic E-state index is 10.9. The number of rotatable bonds is 9. The first-order valence-electron chi connectivity index (χ1n) is 8.29. The van der Waals surface area contributed by atoms with Gasteiger partial charge in [0.05, 0.1) is 0 Å². The maximum atomic E-state index is 10.9. The first-order chi connectivity index (χ1) is 10.0. The molecular weight excluding hydrogens is 264 g/mol. The highest BCUT2D eigenvalue weighted by molar-refractivity contribution is 5.64. The van der Waals surface area contributed by atoms with E-state index in [1.165, 1.54) is 43.4 Å². The molecule has 1 aliphatic rings. The van der Waals surface area contributed by atoms with Gasteiger partial charge in [-0.15, -0.1) is 6.58 Å². The van der Waals surface area contributed by atoms with Crippen molar-refractivity contribution in [2.45, 2.75) is 57.4 Å². The van der Waals surface area contributed by atoms with Crippen molar-refractivity contribution in [1.82, 2.24) is 9.80 Å². The van der Waals surface area contributed by atoms with E-state index in [0.717, 1.165) is 31.8 Å². The molecule has 1 aliphatic carbocycles. The van der Waals surface area contributed by atoms with Crippen molar-refractivity contribution in [1.29, 1.82) is 0 Å². The van der Waals surface area contributed by atoms with E-state index in [2.05, 4.69) is 18.5 Å². The van der Waals surface area contributed by atoms with Gasteiger partial charge in [0.1, 0.15) is 0 Å². The van der Waals surface area contributed by atoms with Crippen LogP contribution < -0.4 is 0 Å². The molecule has 4 nitrogen and oxygen atoms in total. The molecule has 0 aliphatic heterocycles. The average Bonchev–Trinajstić information content (AvgIpc) is 2.47. The highest BCUT2D eigenvalue weighted by Crippen LogP contribution is 2.30. The Labute approximate surface area is 129 Å². The molecule has 0 aromatic rings. The van der Waals surface area contributed by atoms with Crippen molar-refractivity contribution >= 4 is 6.09 Å². The summed E-state index contributed by atoms with van der Waals surface area (Å²) in [4.78, 5) is 14.7. The Kier molecular flexibility index (Phi) is 8.43. The van der Waals surface area contributed by atoms with Crippen LogP contribution in [0.3, 0.4) is 0 Å². The summed E-state index contributed by atoms with van der Waals surface area (Å²) in [5.74, 6) is 0.814. The average molecular weight is 296 g/mol. The molecule has 0 saturated heterocycles. The summed E-state index contributed by atoms with van der Waals surface area (Å²) in [6.07, 6.45) is 10.8. The minimum atomic E-state index is -0.790. The molecule has 1 amide bonds. The second kappa shape index (κ2) is 9.82. The number of carboxylic acid groups (broad SMARTS) is 1. The molecule has 122 valence electrons. The molecule has 1 saturated carbocycles. The topological polar surface area (TPSA) is 43.8 Å². The predicted molar refractivity (Wildman–Crippen MR) is 87.7 cm³/mol. The van der Waals surface area contributed by atoms with E-state index in [9.17, 15) is 4.79 Å². The van der Waals surface area contributed by atoms with Crippen molar-refractivity contribution in [3.05, 3.63) is 12.7 Å². The van der Waals surface area contributed by atoms with Crippen LogP contribution in [0.4, 0.5) is 4.79 Å². The number of likely N-dealkylation sites (N-methyl/N-ethyl adjacent to an activating group) is 1. The minimum Gasteiger partial charge on any atom is -0.465 e. The summed E-state index contributed by atoms with van der Waals surface area (Å²) >= 11 is 0. The smallest absolute Gasteiger partial charge is 0.407 e. The van der Waals surface area contributed by atoms with Crippen LogP contribution in [0.25, 0.3) is 0 Å². The lowest BCUT2D eigenvalue weighted by atomic mass is 9.82. The van der Waals surface area contributed by atoms with Crippen LogP contribution in [0, 0.1) is 5.92 Å². The van der Waals surface area contributed by atoms with E-state index in [1.54, 1.807) is 7.05 Å². The second-order valence-electron chi connectivity index (χ2n) is 6.47. The molecule has 1 N–H and O–H groups in total. The Hall–Kier alpha value is -1.03. The van der Waals surface area contributed by atoms with Crippen LogP contribution in [-0.4, -0.2) is 54.2 Å². The SMILES string of the molecule is C=CCN(C)CCCCCC1CCC(N(C)C(=O)O)CC1. The van der Waals surface area contributed by atoms with Crippen LogP contribution in [-0.2, 0) is 0 Å². The lowest BCUT2D eigenvalue weighted by Crippen LogP contribution is -2.38. The first-order valence-corrected chi connectivity index (χ1v) is 8.29. The third-order valence-electron chi connectivity index (χ3n) is 4.76. The Morgan fingerprint density at radius 3 is 2.43 bits per heavy atom. The number of unbranched alkanes of at least 4 members (excludes halogenated alkanes) is 2. The summed E-state index contributed by atoms with van der Waals surface area (Å²) in [6, 6.07) is 0.242. The van der Waals surface area contributed by atoms with Crippen molar-refractivity contribution in [2.75, 3.05) is 27.2 Å². The molecule has 1 rings (SSSR count). The monoisotopic (exact) mass is 296 g/mol. The van der Waals surface area contributed by atoms with Gasteiger partial charge in [0.2, 0.25) is 0 Å². The van der Waals surface area contributed by atoms with Crippen molar-refractivity contribution < 1.29 is 9.90 Å². The number of hydrogen-bond acceptors (Lipinski definition) is 2. The summed E-state index contributed by atoms with van der Waals surface area (Å²) in [5.41, 5.74) is 0. The van der Waals surface area contributed by atoms with Gasteiger partial charge in [-0.25, -0.2) is 4.79 Å². The van der Waals surface area contributed by atoms with E-state index >= 15 is 0 Å². The molecule has 0 aromatic heterocycles. The van der Waals surface area contributed by atoms with E-state index in [1.807, 2.05) is 6.08 Å². The fraction of sp³-hybridized carbons (Fsp3) is 0.824. The standard InChI is InChI=1S/C17H32N2O2/c1-4-13-18(2)14-7-5-6-8-15-9-11-16(12-10-15)19(3)17(20)21/h4,15-16H,1,5-14H2,2-3H3,(H,20,21). The van der Waals surface area contributed by atoms with Crippen molar-refractivity contribution in [3.8, 4) is 0 Å². The molecule has 21 heavy (non-hydrogen) atoms. The minimum absolute atomic E-state index is 0.242. The molecule has 0 spiro atoms. The number of hydrogen-bond donors (Lipinski definition) is 1. The fourth-order valence-corrected chi connectivity index (χ4v) is 3.28. The van der Waals surface area contributed by atoms with Gasteiger partial charge in [-0.05, 0) is 51.6 Å². The third kappa shape index (κ3) is 6.98. The predicted octanol–water partition coefficient (Wildman–Crippen LogP) is 3.83. The van der Waals surface area contributed by atoms with Crippen LogP contribution in [0.1, 0.15) is 51.4 Å². The van der Waals surface area contributed by atoms with Gasteiger partial charge in [0, 0.05) is 19.6 Å². The zero-order valence-corrected chi connectivity index (χ0v) is 13.8. The van der Waals surface area contributed by atoms with Crippen LogP contribution in [0.15, 0.2) is 12.7 Å². The number of amides is 1. The van der Waals surface area contributed by atoms with Crippen LogP contribution >= 0.6 is 0 Å². The van der Waals surface area contributed by atoms with Gasteiger partial charge in [-0.2, -0.15) is 0 Å². The molecule has 0 unspecified atom stereocenters. The molecule has 0 radical (unpaired) electrons. The molecular formula is C17H32N2O2. The Bertz CT molecular complexity index is 312. The lowest BCUT2D eigenvalue weighted by molar-refractivity contribution is 0.117.